The van der Waals surface area contributed by atoms with Gasteiger partial charge in [0, 0.05) is 6.07 Å². The van der Waals surface area contributed by atoms with Crippen LogP contribution in [0.1, 0.15) is 10.4 Å². The van der Waals surface area contributed by atoms with Crippen molar-refractivity contribution in [1.82, 2.24) is 0 Å². The minimum Gasteiger partial charge on any atom is -0.508 e. The molecule has 0 atom stereocenters. The molecule has 0 unspecified atom stereocenters. The molecule has 0 aliphatic carbocycles. The van der Waals surface area contributed by atoms with Crippen LogP contribution in [0, 0.1) is 0 Å². The number of ether oxygens (including phenoxy) is 3. The SMILES string of the molecule is COc1ccc(OC)c(NC(=O)COC(=O)c2ccc(O)cc2)c1. The first kappa shape index (κ1) is 17.1. The maximum Gasteiger partial charge on any atom is 0.338 e. The molecule has 2 aromatic carbocycles. The number of carbonyl (C=O) groups excluding carboxylic acids is 2. The van der Waals surface area contributed by atoms with Crippen molar-refractivity contribution in [2.75, 3.05) is 26.1 Å². The highest BCUT2D eigenvalue weighted by atomic mass is 16.5. The molecule has 0 radical (unpaired) electrons. The molecule has 126 valence electrons. The van der Waals surface area contributed by atoms with Crippen molar-refractivity contribution in [2.24, 2.45) is 0 Å². The third kappa shape index (κ3) is 4.39. The molecule has 0 aliphatic rings. The molecule has 1 amide bonds. The van der Waals surface area contributed by atoms with Crippen molar-refractivity contribution < 1.29 is 28.9 Å². The first-order valence-electron chi connectivity index (χ1n) is 7.01. The largest absolute Gasteiger partial charge is 0.508 e. The fraction of sp³-hybridized carbons (Fsp3) is 0.176. The van der Waals surface area contributed by atoms with Crippen molar-refractivity contribution in [2.45, 2.75) is 0 Å². The molecule has 0 fully saturated rings. The molecule has 2 rings (SSSR count). The lowest BCUT2D eigenvalue weighted by Crippen LogP contribution is -2.21. The third-order valence-corrected chi connectivity index (χ3v) is 3.12. The lowest BCUT2D eigenvalue weighted by molar-refractivity contribution is -0.119. The molecule has 24 heavy (non-hydrogen) atoms. The van der Waals surface area contributed by atoms with Crippen molar-refractivity contribution in [3.8, 4) is 17.2 Å². The summed E-state index contributed by atoms with van der Waals surface area (Å²) < 4.78 is 15.2. The summed E-state index contributed by atoms with van der Waals surface area (Å²) in [4.78, 5) is 23.8. The van der Waals surface area contributed by atoms with Gasteiger partial charge >= 0.3 is 5.97 Å². The van der Waals surface area contributed by atoms with Crippen molar-refractivity contribution in [3.63, 3.8) is 0 Å². The molecule has 0 aromatic heterocycles. The van der Waals surface area contributed by atoms with E-state index in [0.717, 1.165) is 0 Å². The fourth-order valence-corrected chi connectivity index (χ4v) is 1.91. The van der Waals surface area contributed by atoms with Crippen molar-refractivity contribution in [1.29, 1.82) is 0 Å². The van der Waals surface area contributed by atoms with Crippen LogP contribution >= 0.6 is 0 Å². The maximum atomic E-state index is 11.9. The van der Waals surface area contributed by atoms with Gasteiger partial charge in [-0.1, -0.05) is 0 Å². The van der Waals surface area contributed by atoms with E-state index in [0.29, 0.717) is 17.2 Å². The second-order valence-electron chi connectivity index (χ2n) is 4.74. The molecule has 2 N–H and O–H groups in total. The number of esters is 1. The molecule has 0 heterocycles. The molecule has 0 spiro atoms. The van der Waals surface area contributed by atoms with Gasteiger partial charge in [-0.25, -0.2) is 4.79 Å². The summed E-state index contributed by atoms with van der Waals surface area (Å²) in [5.41, 5.74) is 0.641. The number of anilines is 1. The number of phenolic OH excluding ortho intramolecular Hbond substituents is 1. The number of phenols is 1. The van der Waals surface area contributed by atoms with Gasteiger partial charge in [0.15, 0.2) is 6.61 Å². The van der Waals surface area contributed by atoms with E-state index < -0.39 is 18.5 Å². The molecule has 7 nitrogen and oxygen atoms in total. The van der Waals surface area contributed by atoms with Crippen LogP contribution in [0.4, 0.5) is 5.69 Å². The monoisotopic (exact) mass is 331 g/mol. The Kier molecular flexibility index (Phi) is 5.62. The van der Waals surface area contributed by atoms with E-state index in [1.807, 2.05) is 0 Å². The predicted octanol–water partition coefficient (Wildman–Crippen LogP) is 2.20. The minimum absolute atomic E-state index is 0.0365. The zero-order valence-corrected chi connectivity index (χ0v) is 13.2. The van der Waals surface area contributed by atoms with E-state index in [1.165, 1.54) is 38.5 Å². The second-order valence-corrected chi connectivity index (χ2v) is 4.74. The van der Waals surface area contributed by atoms with Gasteiger partial charge in [0.05, 0.1) is 25.5 Å². The van der Waals surface area contributed by atoms with Gasteiger partial charge in [0.1, 0.15) is 17.2 Å². The van der Waals surface area contributed by atoms with Gasteiger partial charge in [-0.05, 0) is 36.4 Å². The van der Waals surface area contributed by atoms with Crippen LogP contribution in [0.25, 0.3) is 0 Å². The summed E-state index contributed by atoms with van der Waals surface area (Å²) in [6, 6.07) is 10.5. The highest BCUT2D eigenvalue weighted by molar-refractivity contribution is 5.96. The number of aromatic hydroxyl groups is 1. The Balaban J connectivity index is 1.96. The molecule has 0 saturated heterocycles. The fourth-order valence-electron chi connectivity index (χ4n) is 1.91. The van der Waals surface area contributed by atoms with Crippen LogP contribution in [0.5, 0.6) is 17.2 Å². The Labute approximate surface area is 138 Å². The standard InChI is InChI=1S/C17H17NO6/c1-22-13-7-8-15(23-2)14(9-13)18-16(20)10-24-17(21)11-3-5-12(19)6-4-11/h3-9,19H,10H2,1-2H3,(H,18,20). The Hall–Kier alpha value is -3.22. The Morgan fingerprint density at radius 1 is 1.04 bits per heavy atom. The van der Waals surface area contributed by atoms with Crippen LogP contribution in [0.15, 0.2) is 42.5 Å². The van der Waals surface area contributed by atoms with Crippen LogP contribution in [0.3, 0.4) is 0 Å². The quantitative estimate of drug-likeness (QED) is 0.788. The summed E-state index contributed by atoms with van der Waals surface area (Å²) in [7, 11) is 2.98. The van der Waals surface area contributed by atoms with Gasteiger partial charge in [-0.2, -0.15) is 0 Å². The van der Waals surface area contributed by atoms with E-state index in [9.17, 15) is 14.7 Å². The van der Waals surface area contributed by atoms with E-state index >= 15 is 0 Å². The van der Waals surface area contributed by atoms with Crippen molar-refractivity contribution in [3.05, 3.63) is 48.0 Å². The average molecular weight is 331 g/mol. The van der Waals surface area contributed by atoms with Gasteiger partial charge in [-0.15, -0.1) is 0 Å². The zero-order chi connectivity index (χ0) is 17.5. The molecule has 2 aromatic rings. The lowest BCUT2D eigenvalue weighted by atomic mass is 10.2. The second kappa shape index (κ2) is 7.87. The zero-order valence-electron chi connectivity index (χ0n) is 13.2. The average Bonchev–Trinajstić information content (AvgIpc) is 2.60. The summed E-state index contributed by atoms with van der Waals surface area (Å²) in [5, 5.41) is 11.8. The Morgan fingerprint density at radius 2 is 1.75 bits per heavy atom. The topological polar surface area (TPSA) is 94.1 Å². The molecular weight excluding hydrogens is 314 g/mol. The van der Waals surface area contributed by atoms with E-state index in [-0.39, 0.29) is 11.3 Å². The molecule has 0 aliphatic heterocycles. The van der Waals surface area contributed by atoms with Crippen molar-refractivity contribution >= 4 is 17.6 Å². The lowest BCUT2D eigenvalue weighted by Gasteiger charge is -2.12. The highest BCUT2D eigenvalue weighted by Gasteiger charge is 2.13. The van der Waals surface area contributed by atoms with Gasteiger partial charge in [0.2, 0.25) is 0 Å². The highest BCUT2D eigenvalue weighted by Crippen LogP contribution is 2.28. The first-order chi connectivity index (χ1) is 11.5. The summed E-state index contributed by atoms with van der Waals surface area (Å²) in [6.45, 7) is -0.458. The normalized spacial score (nSPS) is 9.92. The molecular formula is C17H17NO6. The predicted molar refractivity (Wildman–Crippen MR) is 86.6 cm³/mol. The first-order valence-corrected chi connectivity index (χ1v) is 7.01. The summed E-state index contributed by atoms with van der Waals surface area (Å²) in [5.74, 6) is -0.146. The van der Waals surface area contributed by atoms with E-state index in [2.05, 4.69) is 5.32 Å². The van der Waals surface area contributed by atoms with E-state index in [1.54, 1.807) is 18.2 Å². The number of benzene rings is 2. The molecule has 0 bridgehead atoms. The minimum atomic E-state index is -0.664. The van der Waals surface area contributed by atoms with Crippen LogP contribution < -0.4 is 14.8 Å². The van der Waals surface area contributed by atoms with Crippen LogP contribution in [0.2, 0.25) is 0 Å². The smallest absolute Gasteiger partial charge is 0.338 e. The number of rotatable bonds is 6. The van der Waals surface area contributed by atoms with E-state index in [4.69, 9.17) is 14.2 Å². The number of amides is 1. The summed E-state index contributed by atoms with van der Waals surface area (Å²) >= 11 is 0. The number of hydrogen-bond acceptors (Lipinski definition) is 6. The Morgan fingerprint density at radius 3 is 2.38 bits per heavy atom. The van der Waals surface area contributed by atoms with Crippen LogP contribution in [-0.2, 0) is 9.53 Å². The van der Waals surface area contributed by atoms with Crippen LogP contribution in [-0.4, -0.2) is 37.8 Å². The van der Waals surface area contributed by atoms with Gasteiger partial charge in [0.25, 0.3) is 5.91 Å². The van der Waals surface area contributed by atoms with Gasteiger partial charge < -0.3 is 24.6 Å². The molecule has 0 saturated carbocycles. The summed E-state index contributed by atoms with van der Waals surface area (Å²) in [6.07, 6.45) is 0. The number of hydrogen-bond donors (Lipinski definition) is 2. The molecule has 7 heteroatoms. The maximum absolute atomic E-state index is 11.9. The number of nitrogens with one attached hydrogen (secondary N) is 1. The number of methoxy groups -OCH3 is 2. The van der Waals surface area contributed by atoms with Gasteiger partial charge in [-0.3, -0.25) is 4.79 Å². The third-order valence-electron chi connectivity index (χ3n) is 3.12. The number of carbonyl (C=O) groups is 2. The Bertz CT molecular complexity index is 726.